The van der Waals surface area contributed by atoms with Crippen molar-refractivity contribution in [3.05, 3.63) is 28.2 Å². The fourth-order valence-electron chi connectivity index (χ4n) is 1.57. The minimum atomic E-state index is 0.110. The van der Waals surface area contributed by atoms with Crippen molar-refractivity contribution in [3.63, 3.8) is 0 Å². The number of carbonyl (C=O) groups is 1. The molecule has 1 amide bonds. The maximum Gasteiger partial charge on any atom is 0.221 e. The number of nitrogens with one attached hydrogen (secondary N) is 2. The maximum absolute atomic E-state index is 11.5. The molecule has 1 aromatic carbocycles. The lowest BCUT2D eigenvalue weighted by Crippen LogP contribution is -2.26. The smallest absolute Gasteiger partial charge is 0.221 e. The van der Waals surface area contributed by atoms with Crippen molar-refractivity contribution in [1.82, 2.24) is 5.32 Å². The highest BCUT2D eigenvalue weighted by atomic mass is 79.9. The van der Waals surface area contributed by atoms with Gasteiger partial charge < -0.3 is 10.6 Å². The topological polar surface area (TPSA) is 41.1 Å². The number of benzene rings is 1. The molecule has 0 saturated heterocycles. The van der Waals surface area contributed by atoms with Gasteiger partial charge >= 0.3 is 0 Å². The monoisotopic (exact) mass is 312 g/mol. The summed E-state index contributed by atoms with van der Waals surface area (Å²) in [5.74, 6) is 0.110. The average molecular weight is 313 g/mol. The van der Waals surface area contributed by atoms with E-state index in [1.54, 1.807) is 0 Å². The summed E-state index contributed by atoms with van der Waals surface area (Å²) in [6.45, 7) is 5.60. The van der Waals surface area contributed by atoms with Crippen LogP contribution in [0.1, 0.15) is 31.7 Å². The van der Waals surface area contributed by atoms with Crippen LogP contribution in [0.25, 0.3) is 0 Å². The van der Waals surface area contributed by atoms with Gasteiger partial charge in [0.2, 0.25) is 5.91 Å². The first-order chi connectivity index (χ1) is 8.63. The van der Waals surface area contributed by atoms with E-state index in [2.05, 4.69) is 52.5 Å². The zero-order valence-electron chi connectivity index (χ0n) is 11.1. The third-order valence-electron chi connectivity index (χ3n) is 2.64. The maximum atomic E-state index is 11.5. The van der Waals surface area contributed by atoms with E-state index in [4.69, 9.17) is 0 Å². The Morgan fingerprint density at radius 1 is 1.33 bits per heavy atom. The minimum absolute atomic E-state index is 0.110. The first-order valence-electron chi connectivity index (χ1n) is 6.40. The molecule has 0 radical (unpaired) electrons. The van der Waals surface area contributed by atoms with Gasteiger partial charge in [-0.3, -0.25) is 4.79 Å². The second-order valence-electron chi connectivity index (χ2n) is 4.36. The Balaban J connectivity index is 2.26. The Bertz CT molecular complexity index is 393. The molecule has 0 atom stereocenters. The van der Waals surface area contributed by atoms with Gasteiger partial charge in [0.1, 0.15) is 0 Å². The molecule has 0 bridgehead atoms. The molecule has 0 heterocycles. The van der Waals surface area contributed by atoms with Crippen molar-refractivity contribution in [1.29, 1.82) is 0 Å². The number of halogens is 1. The van der Waals surface area contributed by atoms with E-state index in [1.807, 2.05) is 6.07 Å². The Morgan fingerprint density at radius 3 is 2.78 bits per heavy atom. The van der Waals surface area contributed by atoms with Gasteiger partial charge in [-0.05, 0) is 47.0 Å². The van der Waals surface area contributed by atoms with Crippen molar-refractivity contribution in [2.45, 2.75) is 33.1 Å². The summed E-state index contributed by atoms with van der Waals surface area (Å²) in [6, 6.07) is 6.13. The normalized spacial score (nSPS) is 10.2. The standard InChI is InChI=1S/C14H21BrN2O/c1-3-4-8-17-14(18)7-9-16-13-6-5-11(2)10-12(13)15/h5-6,10,16H,3-4,7-9H2,1-2H3,(H,17,18). The van der Waals surface area contributed by atoms with Crippen LogP contribution in [0.3, 0.4) is 0 Å². The van der Waals surface area contributed by atoms with E-state index in [-0.39, 0.29) is 5.91 Å². The van der Waals surface area contributed by atoms with Gasteiger partial charge in [0.05, 0.1) is 0 Å². The van der Waals surface area contributed by atoms with Crippen molar-refractivity contribution < 1.29 is 4.79 Å². The number of hydrogen-bond donors (Lipinski definition) is 2. The average Bonchev–Trinajstić information content (AvgIpc) is 2.32. The summed E-state index contributed by atoms with van der Waals surface area (Å²) in [6.07, 6.45) is 2.65. The van der Waals surface area contributed by atoms with Gasteiger partial charge in [-0.25, -0.2) is 0 Å². The molecular formula is C14H21BrN2O. The van der Waals surface area contributed by atoms with Crippen LogP contribution in [0.5, 0.6) is 0 Å². The molecule has 1 aromatic rings. The Kier molecular flexibility index (Phi) is 6.80. The largest absolute Gasteiger partial charge is 0.384 e. The molecule has 4 heteroatoms. The number of unbranched alkanes of at least 4 members (excludes halogenated alkanes) is 1. The van der Waals surface area contributed by atoms with Gasteiger partial charge in [-0.15, -0.1) is 0 Å². The molecule has 0 aromatic heterocycles. The molecule has 1 rings (SSSR count). The number of hydrogen-bond acceptors (Lipinski definition) is 2. The molecular weight excluding hydrogens is 292 g/mol. The molecule has 0 aliphatic carbocycles. The number of anilines is 1. The molecule has 3 nitrogen and oxygen atoms in total. The quantitative estimate of drug-likeness (QED) is 0.757. The third kappa shape index (κ3) is 5.54. The van der Waals surface area contributed by atoms with E-state index in [1.165, 1.54) is 5.56 Å². The lowest BCUT2D eigenvalue weighted by atomic mass is 10.2. The molecule has 2 N–H and O–H groups in total. The SMILES string of the molecule is CCCCNC(=O)CCNc1ccc(C)cc1Br. The summed E-state index contributed by atoms with van der Waals surface area (Å²) in [5, 5.41) is 6.16. The fourth-order valence-corrected chi connectivity index (χ4v) is 2.20. The van der Waals surface area contributed by atoms with Gasteiger partial charge in [0.25, 0.3) is 0 Å². The molecule has 18 heavy (non-hydrogen) atoms. The number of carbonyl (C=O) groups excluding carboxylic acids is 1. The van der Waals surface area contributed by atoms with Crippen molar-refractivity contribution >= 4 is 27.5 Å². The minimum Gasteiger partial charge on any atom is -0.384 e. The Morgan fingerprint density at radius 2 is 2.11 bits per heavy atom. The van der Waals surface area contributed by atoms with E-state index in [0.29, 0.717) is 13.0 Å². The summed E-state index contributed by atoms with van der Waals surface area (Å²) in [7, 11) is 0. The van der Waals surface area contributed by atoms with Crippen LogP contribution in [0, 0.1) is 6.92 Å². The highest BCUT2D eigenvalue weighted by molar-refractivity contribution is 9.10. The Hall–Kier alpha value is -1.03. The second-order valence-corrected chi connectivity index (χ2v) is 5.22. The molecule has 0 aliphatic heterocycles. The molecule has 0 saturated carbocycles. The summed E-state index contributed by atoms with van der Waals surface area (Å²) < 4.78 is 1.04. The Labute approximate surface area is 117 Å². The van der Waals surface area contributed by atoms with Crippen LogP contribution in [-0.4, -0.2) is 19.0 Å². The van der Waals surface area contributed by atoms with E-state index in [9.17, 15) is 4.79 Å². The van der Waals surface area contributed by atoms with Crippen LogP contribution >= 0.6 is 15.9 Å². The molecule has 0 fully saturated rings. The summed E-state index contributed by atoms with van der Waals surface area (Å²) >= 11 is 3.50. The zero-order chi connectivity index (χ0) is 13.4. The van der Waals surface area contributed by atoms with E-state index in [0.717, 1.165) is 29.5 Å². The van der Waals surface area contributed by atoms with Crippen molar-refractivity contribution in [2.24, 2.45) is 0 Å². The first kappa shape index (κ1) is 15.0. The van der Waals surface area contributed by atoms with Crippen LogP contribution < -0.4 is 10.6 Å². The van der Waals surface area contributed by atoms with Crippen molar-refractivity contribution in [2.75, 3.05) is 18.4 Å². The lowest BCUT2D eigenvalue weighted by molar-refractivity contribution is -0.120. The van der Waals surface area contributed by atoms with Gasteiger partial charge in [-0.1, -0.05) is 19.4 Å². The molecule has 100 valence electrons. The van der Waals surface area contributed by atoms with Crippen LogP contribution in [0.4, 0.5) is 5.69 Å². The number of rotatable bonds is 7. The van der Waals surface area contributed by atoms with Crippen molar-refractivity contribution in [3.8, 4) is 0 Å². The van der Waals surface area contributed by atoms with Crippen LogP contribution in [0.2, 0.25) is 0 Å². The first-order valence-corrected chi connectivity index (χ1v) is 7.19. The van der Waals surface area contributed by atoms with Crippen LogP contribution in [-0.2, 0) is 4.79 Å². The number of aryl methyl sites for hydroxylation is 1. The second kappa shape index (κ2) is 8.14. The summed E-state index contributed by atoms with van der Waals surface area (Å²) in [5.41, 5.74) is 2.24. The van der Waals surface area contributed by atoms with E-state index < -0.39 is 0 Å². The highest BCUT2D eigenvalue weighted by Gasteiger charge is 2.02. The predicted molar refractivity (Wildman–Crippen MR) is 79.9 cm³/mol. The molecule has 0 aliphatic rings. The lowest BCUT2D eigenvalue weighted by Gasteiger charge is -2.09. The summed E-state index contributed by atoms with van der Waals surface area (Å²) in [4.78, 5) is 11.5. The van der Waals surface area contributed by atoms with Gasteiger partial charge in [-0.2, -0.15) is 0 Å². The van der Waals surface area contributed by atoms with Crippen LogP contribution in [0.15, 0.2) is 22.7 Å². The number of amides is 1. The highest BCUT2D eigenvalue weighted by Crippen LogP contribution is 2.23. The predicted octanol–water partition coefficient (Wildman–Crippen LogP) is 3.48. The fraction of sp³-hybridized carbons (Fsp3) is 0.500. The van der Waals surface area contributed by atoms with Gasteiger partial charge in [0, 0.05) is 29.7 Å². The third-order valence-corrected chi connectivity index (χ3v) is 3.30. The van der Waals surface area contributed by atoms with E-state index >= 15 is 0 Å². The molecule has 0 spiro atoms. The molecule has 0 unspecified atom stereocenters. The zero-order valence-corrected chi connectivity index (χ0v) is 12.6. The van der Waals surface area contributed by atoms with Gasteiger partial charge in [0.15, 0.2) is 0 Å².